The molecule has 0 aromatic carbocycles. The molecule has 3 aromatic rings. The predicted octanol–water partition coefficient (Wildman–Crippen LogP) is 3.88. The summed E-state index contributed by atoms with van der Waals surface area (Å²) in [6.07, 6.45) is 5.37. The van der Waals surface area contributed by atoms with Crippen molar-refractivity contribution in [1.82, 2.24) is 9.97 Å². The summed E-state index contributed by atoms with van der Waals surface area (Å²) in [5.41, 5.74) is 2.84. The Balaban J connectivity index is 1.79. The molecule has 0 aliphatic heterocycles. The highest BCUT2D eigenvalue weighted by molar-refractivity contribution is 7.19. The highest BCUT2D eigenvalue weighted by Gasteiger charge is 2.22. The summed E-state index contributed by atoms with van der Waals surface area (Å²) in [5, 5.41) is 5.62. The summed E-state index contributed by atoms with van der Waals surface area (Å²) in [6.45, 7) is 0.903. The summed E-state index contributed by atoms with van der Waals surface area (Å²) in [5.74, 6) is 1.08. The average Bonchev–Trinajstić information content (AvgIpc) is 3.13. The van der Waals surface area contributed by atoms with Crippen molar-refractivity contribution in [3.63, 3.8) is 0 Å². The Kier molecular flexibility index (Phi) is 2.97. The number of thiophene rings is 2. The van der Waals surface area contributed by atoms with Crippen LogP contribution >= 0.6 is 22.7 Å². The van der Waals surface area contributed by atoms with Crippen LogP contribution in [0.2, 0.25) is 0 Å². The highest BCUT2D eigenvalue weighted by atomic mass is 32.1. The van der Waals surface area contributed by atoms with E-state index in [0.29, 0.717) is 0 Å². The number of anilines is 1. The molecular formula is C15H15N3S2. The van der Waals surface area contributed by atoms with E-state index in [0.717, 1.165) is 17.2 Å². The lowest BCUT2D eigenvalue weighted by molar-refractivity contribution is 0.898. The Morgan fingerprint density at radius 1 is 1.30 bits per heavy atom. The van der Waals surface area contributed by atoms with Gasteiger partial charge in [-0.05, 0) is 47.2 Å². The predicted molar refractivity (Wildman–Crippen MR) is 85.9 cm³/mol. The second-order valence-corrected chi connectivity index (χ2v) is 7.09. The van der Waals surface area contributed by atoms with E-state index in [2.05, 4.69) is 38.7 Å². The van der Waals surface area contributed by atoms with E-state index in [1.54, 1.807) is 17.7 Å². The van der Waals surface area contributed by atoms with Gasteiger partial charge in [-0.15, -0.1) is 11.3 Å². The van der Waals surface area contributed by atoms with E-state index < -0.39 is 0 Å². The summed E-state index contributed by atoms with van der Waals surface area (Å²) in [4.78, 5) is 13.9. The molecule has 102 valence electrons. The third-order valence-corrected chi connectivity index (χ3v) is 5.77. The minimum atomic E-state index is 0.903. The van der Waals surface area contributed by atoms with Gasteiger partial charge in [0.15, 0.2) is 0 Å². The van der Waals surface area contributed by atoms with Crippen LogP contribution in [-0.2, 0) is 19.4 Å². The Bertz CT molecular complexity index is 746. The molecular weight excluding hydrogens is 286 g/mol. The standard InChI is InChI=1S/C15H15N3S2/c1-18(7-10-5-6-19-8-10)14-13-11-3-2-4-12(11)20-15(13)17-9-16-14/h5-6,8-9H,2-4,7H2,1H3. The highest BCUT2D eigenvalue weighted by Crippen LogP contribution is 2.40. The fraction of sp³-hybridized carbons (Fsp3) is 0.333. The molecule has 0 amide bonds. The molecule has 0 unspecified atom stereocenters. The quantitative estimate of drug-likeness (QED) is 0.735. The van der Waals surface area contributed by atoms with Crippen molar-refractivity contribution in [2.75, 3.05) is 11.9 Å². The molecule has 0 N–H and O–H groups in total. The van der Waals surface area contributed by atoms with Gasteiger partial charge in [0.25, 0.3) is 0 Å². The number of hydrogen-bond donors (Lipinski definition) is 0. The smallest absolute Gasteiger partial charge is 0.141 e. The molecule has 0 saturated heterocycles. The molecule has 3 heterocycles. The van der Waals surface area contributed by atoms with Crippen LogP contribution in [0.5, 0.6) is 0 Å². The Morgan fingerprint density at radius 3 is 3.10 bits per heavy atom. The number of aryl methyl sites for hydroxylation is 2. The molecule has 0 radical (unpaired) electrons. The van der Waals surface area contributed by atoms with Crippen LogP contribution in [0, 0.1) is 0 Å². The third-order valence-electron chi connectivity index (χ3n) is 3.84. The molecule has 0 bridgehead atoms. The summed E-state index contributed by atoms with van der Waals surface area (Å²) in [6, 6.07) is 2.18. The maximum atomic E-state index is 4.56. The lowest BCUT2D eigenvalue weighted by atomic mass is 10.2. The van der Waals surface area contributed by atoms with E-state index >= 15 is 0 Å². The van der Waals surface area contributed by atoms with Crippen molar-refractivity contribution in [3.05, 3.63) is 39.2 Å². The molecule has 0 atom stereocenters. The van der Waals surface area contributed by atoms with Crippen molar-refractivity contribution in [1.29, 1.82) is 0 Å². The molecule has 1 aliphatic rings. The molecule has 5 heteroatoms. The maximum absolute atomic E-state index is 4.56. The van der Waals surface area contributed by atoms with Crippen molar-refractivity contribution >= 4 is 38.7 Å². The van der Waals surface area contributed by atoms with Gasteiger partial charge in [0.2, 0.25) is 0 Å². The van der Waals surface area contributed by atoms with Gasteiger partial charge >= 0.3 is 0 Å². The lowest BCUT2D eigenvalue weighted by Gasteiger charge is -2.18. The second kappa shape index (κ2) is 4.82. The summed E-state index contributed by atoms with van der Waals surface area (Å²) in [7, 11) is 2.12. The number of fused-ring (bicyclic) bond motifs is 3. The van der Waals surface area contributed by atoms with E-state index in [1.807, 2.05) is 11.3 Å². The summed E-state index contributed by atoms with van der Waals surface area (Å²) >= 11 is 3.60. The van der Waals surface area contributed by atoms with Crippen LogP contribution in [0.3, 0.4) is 0 Å². The fourth-order valence-electron chi connectivity index (χ4n) is 2.93. The summed E-state index contributed by atoms with van der Waals surface area (Å²) < 4.78 is 0. The van der Waals surface area contributed by atoms with Crippen LogP contribution in [0.15, 0.2) is 23.2 Å². The van der Waals surface area contributed by atoms with Gasteiger partial charge in [0, 0.05) is 18.5 Å². The molecule has 0 fully saturated rings. The van der Waals surface area contributed by atoms with Gasteiger partial charge in [-0.1, -0.05) is 0 Å². The van der Waals surface area contributed by atoms with Crippen LogP contribution in [0.25, 0.3) is 10.2 Å². The number of aromatic nitrogens is 2. The zero-order valence-corrected chi connectivity index (χ0v) is 12.9. The second-order valence-electron chi connectivity index (χ2n) is 5.22. The van der Waals surface area contributed by atoms with E-state index in [9.17, 15) is 0 Å². The van der Waals surface area contributed by atoms with Crippen LogP contribution < -0.4 is 4.90 Å². The fourth-order valence-corrected chi connectivity index (χ4v) is 4.82. The molecule has 4 rings (SSSR count). The van der Waals surface area contributed by atoms with Crippen LogP contribution in [0.1, 0.15) is 22.4 Å². The monoisotopic (exact) mass is 301 g/mol. The zero-order chi connectivity index (χ0) is 13.5. The first kappa shape index (κ1) is 12.3. The van der Waals surface area contributed by atoms with Crippen molar-refractivity contribution < 1.29 is 0 Å². The molecule has 0 saturated carbocycles. The SMILES string of the molecule is CN(Cc1ccsc1)c1ncnc2sc3c(c12)CCC3. The van der Waals surface area contributed by atoms with Gasteiger partial charge in [-0.25, -0.2) is 9.97 Å². The zero-order valence-electron chi connectivity index (χ0n) is 11.3. The molecule has 0 spiro atoms. The molecule has 3 nitrogen and oxygen atoms in total. The van der Waals surface area contributed by atoms with E-state index in [-0.39, 0.29) is 0 Å². The first-order valence-electron chi connectivity index (χ1n) is 6.80. The van der Waals surface area contributed by atoms with E-state index in [4.69, 9.17) is 0 Å². The largest absolute Gasteiger partial charge is 0.355 e. The third kappa shape index (κ3) is 1.93. The number of hydrogen-bond acceptors (Lipinski definition) is 5. The van der Waals surface area contributed by atoms with E-state index in [1.165, 1.54) is 40.7 Å². The molecule has 20 heavy (non-hydrogen) atoms. The van der Waals surface area contributed by atoms with Gasteiger partial charge < -0.3 is 4.90 Å². The molecule has 3 aromatic heterocycles. The first-order valence-corrected chi connectivity index (χ1v) is 8.56. The Labute approximate surface area is 125 Å². The topological polar surface area (TPSA) is 29.0 Å². The van der Waals surface area contributed by atoms with Crippen molar-refractivity contribution in [2.45, 2.75) is 25.8 Å². The minimum absolute atomic E-state index is 0.903. The minimum Gasteiger partial charge on any atom is -0.355 e. The molecule has 1 aliphatic carbocycles. The van der Waals surface area contributed by atoms with Crippen LogP contribution in [0.4, 0.5) is 5.82 Å². The average molecular weight is 301 g/mol. The maximum Gasteiger partial charge on any atom is 0.141 e. The first-order chi connectivity index (χ1) is 9.83. The number of nitrogens with zero attached hydrogens (tertiary/aromatic N) is 3. The Hall–Kier alpha value is -1.46. The van der Waals surface area contributed by atoms with Crippen molar-refractivity contribution in [2.24, 2.45) is 0 Å². The van der Waals surface area contributed by atoms with Crippen LogP contribution in [-0.4, -0.2) is 17.0 Å². The normalized spacial score (nSPS) is 13.8. The van der Waals surface area contributed by atoms with Gasteiger partial charge in [0.1, 0.15) is 17.0 Å². The lowest BCUT2D eigenvalue weighted by Crippen LogP contribution is -2.17. The number of rotatable bonds is 3. The van der Waals surface area contributed by atoms with Crippen molar-refractivity contribution in [3.8, 4) is 0 Å². The Morgan fingerprint density at radius 2 is 2.25 bits per heavy atom. The van der Waals surface area contributed by atoms with Gasteiger partial charge in [-0.2, -0.15) is 11.3 Å². The van der Waals surface area contributed by atoms with Gasteiger partial charge in [0.05, 0.1) is 5.39 Å². The van der Waals surface area contributed by atoms with Gasteiger partial charge in [-0.3, -0.25) is 0 Å².